The van der Waals surface area contributed by atoms with Gasteiger partial charge in [-0.3, -0.25) is 0 Å². The van der Waals surface area contributed by atoms with E-state index in [0.717, 1.165) is 25.0 Å². The summed E-state index contributed by atoms with van der Waals surface area (Å²) in [7, 11) is 0. The van der Waals surface area contributed by atoms with Crippen molar-refractivity contribution in [3.63, 3.8) is 0 Å². The van der Waals surface area contributed by atoms with Crippen molar-refractivity contribution < 1.29 is 22.3 Å². The standard InChI is InChI=1S/C12H13F4NO/c13-10-7-8(12(14,15)16)1-2-11(10)17-9-3-5-18-6-4-9/h1-2,7,9,17H,3-6H2. The third-order valence-electron chi connectivity index (χ3n) is 2.88. The van der Waals surface area contributed by atoms with Gasteiger partial charge in [-0.25, -0.2) is 4.39 Å². The molecule has 0 radical (unpaired) electrons. The van der Waals surface area contributed by atoms with Gasteiger partial charge in [-0.2, -0.15) is 13.2 Å². The zero-order valence-corrected chi connectivity index (χ0v) is 9.56. The first kappa shape index (κ1) is 13.1. The van der Waals surface area contributed by atoms with Crippen LogP contribution in [0, 0.1) is 5.82 Å². The highest BCUT2D eigenvalue weighted by atomic mass is 19.4. The van der Waals surface area contributed by atoms with E-state index >= 15 is 0 Å². The van der Waals surface area contributed by atoms with E-state index in [1.165, 1.54) is 0 Å². The van der Waals surface area contributed by atoms with Crippen molar-refractivity contribution in [2.45, 2.75) is 25.1 Å². The van der Waals surface area contributed by atoms with Gasteiger partial charge in [-0.05, 0) is 31.0 Å². The van der Waals surface area contributed by atoms with E-state index in [1.807, 2.05) is 0 Å². The predicted molar refractivity (Wildman–Crippen MR) is 58.9 cm³/mol. The normalized spacial score (nSPS) is 17.8. The van der Waals surface area contributed by atoms with Gasteiger partial charge < -0.3 is 10.1 Å². The van der Waals surface area contributed by atoms with Crippen LogP contribution < -0.4 is 5.32 Å². The lowest BCUT2D eigenvalue weighted by Gasteiger charge is -2.24. The molecule has 1 aromatic rings. The second-order valence-electron chi connectivity index (χ2n) is 4.22. The molecule has 0 bridgehead atoms. The minimum Gasteiger partial charge on any atom is -0.381 e. The topological polar surface area (TPSA) is 21.3 Å². The average Bonchev–Trinajstić information content (AvgIpc) is 2.32. The Kier molecular flexibility index (Phi) is 3.75. The SMILES string of the molecule is Fc1cc(C(F)(F)F)ccc1NC1CCOCC1. The third-order valence-corrected chi connectivity index (χ3v) is 2.88. The Morgan fingerprint density at radius 3 is 2.39 bits per heavy atom. The fourth-order valence-corrected chi connectivity index (χ4v) is 1.87. The Hall–Kier alpha value is -1.30. The fraction of sp³-hybridized carbons (Fsp3) is 0.500. The number of hydrogen-bond acceptors (Lipinski definition) is 2. The smallest absolute Gasteiger partial charge is 0.381 e. The molecule has 1 heterocycles. The molecule has 2 nitrogen and oxygen atoms in total. The van der Waals surface area contributed by atoms with Crippen LogP contribution in [0.3, 0.4) is 0 Å². The fourth-order valence-electron chi connectivity index (χ4n) is 1.87. The second kappa shape index (κ2) is 5.14. The molecule has 0 aliphatic carbocycles. The molecule has 1 N–H and O–H groups in total. The van der Waals surface area contributed by atoms with E-state index in [1.54, 1.807) is 0 Å². The van der Waals surface area contributed by atoms with Crippen molar-refractivity contribution in [2.24, 2.45) is 0 Å². The van der Waals surface area contributed by atoms with Gasteiger partial charge >= 0.3 is 6.18 Å². The lowest BCUT2D eigenvalue weighted by atomic mass is 10.1. The summed E-state index contributed by atoms with van der Waals surface area (Å²) in [6.07, 6.45) is -3.07. The minimum atomic E-state index is -4.52. The molecule has 0 saturated carbocycles. The Morgan fingerprint density at radius 2 is 1.83 bits per heavy atom. The number of halogens is 4. The lowest BCUT2D eigenvalue weighted by Crippen LogP contribution is -2.28. The Balaban J connectivity index is 2.09. The van der Waals surface area contributed by atoms with Crippen LogP contribution in [0.2, 0.25) is 0 Å². The molecule has 6 heteroatoms. The summed E-state index contributed by atoms with van der Waals surface area (Å²) >= 11 is 0. The number of hydrogen-bond donors (Lipinski definition) is 1. The number of anilines is 1. The molecule has 100 valence electrons. The maximum Gasteiger partial charge on any atom is 0.416 e. The Morgan fingerprint density at radius 1 is 1.17 bits per heavy atom. The van der Waals surface area contributed by atoms with Gasteiger partial charge in [0.1, 0.15) is 5.82 Å². The van der Waals surface area contributed by atoms with Crippen LogP contribution in [0.4, 0.5) is 23.2 Å². The van der Waals surface area contributed by atoms with Crippen LogP contribution in [0.5, 0.6) is 0 Å². The van der Waals surface area contributed by atoms with Crippen LogP contribution in [0.1, 0.15) is 18.4 Å². The van der Waals surface area contributed by atoms with Crippen LogP contribution in [0.25, 0.3) is 0 Å². The van der Waals surface area contributed by atoms with E-state index < -0.39 is 17.6 Å². The first-order valence-corrected chi connectivity index (χ1v) is 5.68. The number of alkyl halides is 3. The molecule has 1 aliphatic heterocycles. The molecule has 1 aliphatic rings. The highest BCUT2D eigenvalue weighted by Crippen LogP contribution is 2.31. The highest BCUT2D eigenvalue weighted by Gasteiger charge is 2.31. The minimum absolute atomic E-state index is 0.0463. The first-order chi connectivity index (χ1) is 8.47. The molecule has 0 aromatic heterocycles. The van der Waals surface area contributed by atoms with Crippen molar-refractivity contribution in [1.82, 2.24) is 0 Å². The van der Waals surface area contributed by atoms with Crippen LogP contribution in [0.15, 0.2) is 18.2 Å². The predicted octanol–water partition coefficient (Wildman–Crippen LogP) is 3.44. The molecule has 0 unspecified atom stereocenters. The molecule has 1 saturated heterocycles. The molecular weight excluding hydrogens is 250 g/mol. The summed E-state index contributed by atoms with van der Waals surface area (Å²) in [5.41, 5.74) is -0.868. The van der Waals surface area contributed by atoms with Gasteiger partial charge in [0, 0.05) is 19.3 Å². The molecule has 2 rings (SSSR count). The van der Waals surface area contributed by atoms with Crippen molar-refractivity contribution >= 4 is 5.69 Å². The number of benzene rings is 1. The van der Waals surface area contributed by atoms with Crippen LogP contribution in [-0.4, -0.2) is 19.3 Å². The number of rotatable bonds is 2. The molecule has 0 amide bonds. The quantitative estimate of drug-likeness (QED) is 0.825. The highest BCUT2D eigenvalue weighted by molar-refractivity contribution is 5.47. The third kappa shape index (κ3) is 3.13. The van der Waals surface area contributed by atoms with Gasteiger partial charge in [-0.15, -0.1) is 0 Å². The van der Waals surface area contributed by atoms with E-state index in [0.29, 0.717) is 19.3 Å². The van der Waals surface area contributed by atoms with E-state index in [2.05, 4.69) is 5.32 Å². The Labute approximate surface area is 102 Å². The summed E-state index contributed by atoms with van der Waals surface area (Å²) in [4.78, 5) is 0. The molecule has 0 spiro atoms. The van der Waals surface area contributed by atoms with Crippen molar-refractivity contribution in [2.75, 3.05) is 18.5 Å². The van der Waals surface area contributed by atoms with E-state index in [9.17, 15) is 17.6 Å². The maximum absolute atomic E-state index is 13.5. The van der Waals surface area contributed by atoms with Crippen LogP contribution >= 0.6 is 0 Å². The van der Waals surface area contributed by atoms with Gasteiger partial charge in [0.2, 0.25) is 0 Å². The van der Waals surface area contributed by atoms with Gasteiger partial charge in [0.25, 0.3) is 0 Å². The van der Waals surface area contributed by atoms with E-state index in [-0.39, 0.29) is 11.7 Å². The Bertz CT molecular complexity index is 413. The first-order valence-electron chi connectivity index (χ1n) is 5.68. The number of nitrogens with one attached hydrogen (secondary N) is 1. The lowest BCUT2D eigenvalue weighted by molar-refractivity contribution is -0.137. The van der Waals surface area contributed by atoms with Gasteiger partial charge in [0.15, 0.2) is 0 Å². The van der Waals surface area contributed by atoms with Crippen molar-refractivity contribution in [1.29, 1.82) is 0 Å². The zero-order chi connectivity index (χ0) is 13.2. The number of ether oxygens (including phenoxy) is 1. The summed E-state index contributed by atoms with van der Waals surface area (Å²) in [5.74, 6) is -0.878. The largest absolute Gasteiger partial charge is 0.416 e. The summed E-state index contributed by atoms with van der Waals surface area (Å²) in [5, 5.41) is 2.91. The van der Waals surface area contributed by atoms with Crippen molar-refractivity contribution in [3.8, 4) is 0 Å². The molecule has 18 heavy (non-hydrogen) atoms. The summed E-state index contributed by atoms with van der Waals surface area (Å²) in [6, 6.07) is 2.57. The molecular formula is C12H13F4NO. The molecule has 0 atom stereocenters. The maximum atomic E-state index is 13.5. The summed E-state index contributed by atoms with van der Waals surface area (Å²) < 4.78 is 55.8. The van der Waals surface area contributed by atoms with Crippen molar-refractivity contribution in [3.05, 3.63) is 29.6 Å². The molecule has 1 aromatic carbocycles. The second-order valence-corrected chi connectivity index (χ2v) is 4.22. The van der Waals surface area contributed by atoms with E-state index in [4.69, 9.17) is 4.74 Å². The average molecular weight is 263 g/mol. The van der Waals surface area contributed by atoms with Crippen LogP contribution in [-0.2, 0) is 10.9 Å². The monoisotopic (exact) mass is 263 g/mol. The molecule has 1 fully saturated rings. The van der Waals surface area contributed by atoms with Gasteiger partial charge in [0.05, 0.1) is 11.3 Å². The summed E-state index contributed by atoms with van der Waals surface area (Å²) in [6.45, 7) is 1.17. The zero-order valence-electron chi connectivity index (χ0n) is 9.56. The van der Waals surface area contributed by atoms with Gasteiger partial charge in [-0.1, -0.05) is 0 Å².